The van der Waals surface area contributed by atoms with Crippen LogP contribution >= 0.6 is 0 Å². The Morgan fingerprint density at radius 1 is 1.37 bits per heavy atom. The highest BCUT2D eigenvalue weighted by Crippen LogP contribution is 2.24. The summed E-state index contributed by atoms with van der Waals surface area (Å²) in [5.41, 5.74) is 2.43. The van der Waals surface area contributed by atoms with Crippen molar-refractivity contribution in [1.82, 2.24) is 10.6 Å². The number of rotatable bonds is 7. The van der Waals surface area contributed by atoms with Gasteiger partial charge in [0.15, 0.2) is 0 Å². The van der Waals surface area contributed by atoms with Gasteiger partial charge in [-0.3, -0.25) is 4.79 Å². The third kappa shape index (κ3) is 4.91. The van der Waals surface area contributed by atoms with Crippen LogP contribution in [0.25, 0.3) is 0 Å². The minimum atomic E-state index is 0.0153. The molecule has 106 valence electrons. The first-order valence-electron chi connectivity index (χ1n) is 6.66. The average Bonchev–Trinajstić information content (AvgIpc) is 2.38. The van der Waals surface area contributed by atoms with E-state index in [4.69, 9.17) is 4.74 Å². The van der Waals surface area contributed by atoms with Crippen molar-refractivity contribution >= 4 is 5.91 Å². The molecule has 0 aliphatic carbocycles. The Bertz CT molecular complexity index is 417. The first-order chi connectivity index (χ1) is 9.08. The molecule has 0 atom stereocenters. The molecule has 0 heterocycles. The summed E-state index contributed by atoms with van der Waals surface area (Å²) in [5.74, 6) is 1.39. The SMILES string of the molecule is CNCC(=O)NCCc1cc(C(C)C)ccc1OC. The molecule has 0 bridgehead atoms. The second kappa shape index (κ2) is 7.79. The Labute approximate surface area is 115 Å². The van der Waals surface area contributed by atoms with Crippen LogP contribution in [0.2, 0.25) is 0 Å². The van der Waals surface area contributed by atoms with Gasteiger partial charge in [-0.2, -0.15) is 0 Å². The van der Waals surface area contributed by atoms with Crippen molar-refractivity contribution < 1.29 is 9.53 Å². The molecule has 0 aliphatic rings. The molecule has 19 heavy (non-hydrogen) atoms. The van der Waals surface area contributed by atoms with Gasteiger partial charge in [-0.25, -0.2) is 0 Å². The molecule has 0 aliphatic heterocycles. The Hall–Kier alpha value is -1.55. The number of likely N-dealkylation sites (N-methyl/N-ethyl adjacent to an activating group) is 1. The second-order valence-electron chi connectivity index (χ2n) is 4.86. The Balaban J connectivity index is 2.65. The number of carbonyl (C=O) groups is 1. The van der Waals surface area contributed by atoms with E-state index >= 15 is 0 Å². The average molecular weight is 264 g/mol. The van der Waals surface area contributed by atoms with Crippen molar-refractivity contribution in [1.29, 1.82) is 0 Å². The third-order valence-electron chi connectivity index (χ3n) is 3.02. The summed E-state index contributed by atoms with van der Waals surface area (Å²) in [6, 6.07) is 6.25. The van der Waals surface area contributed by atoms with E-state index in [9.17, 15) is 4.79 Å². The number of hydrogen-bond acceptors (Lipinski definition) is 3. The van der Waals surface area contributed by atoms with E-state index in [2.05, 4.69) is 36.6 Å². The fourth-order valence-electron chi connectivity index (χ4n) is 1.91. The molecule has 1 aromatic carbocycles. The number of methoxy groups -OCH3 is 1. The molecule has 2 N–H and O–H groups in total. The third-order valence-corrected chi connectivity index (χ3v) is 3.02. The lowest BCUT2D eigenvalue weighted by molar-refractivity contribution is -0.120. The zero-order chi connectivity index (χ0) is 14.3. The van der Waals surface area contributed by atoms with Crippen molar-refractivity contribution in [3.05, 3.63) is 29.3 Å². The van der Waals surface area contributed by atoms with Crippen LogP contribution in [0.1, 0.15) is 30.9 Å². The van der Waals surface area contributed by atoms with Crippen molar-refractivity contribution in [3.63, 3.8) is 0 Å². The van der Waals surface area contributed by atoms with Crippen LogP contribution in [0.4, 0.5) is 0 Å². The summed E-state index contributed by atoms with van der Waals surface area (Å²) < 4.78 is 5.36. The van der Waals surface area contributed by atoms with Crippen molar-refractivity contribution in [2.24, 2.45) is 0 Å². The van der Waals surface area contributed by atoms with E-state index < -0.39 is 0 Å². The maximum absolute atomic E-state index is 11.4. The second-order valence-corrected chi connectivity index (χ2v) is 4.86. The minimum Gasteiger partial charge on any atom is -0.496 e. The predicted octanol–water partition coefficient (Wildman–Crippen LogP) is 1.70. The van der Waals surface area contributed by atoms with Gasteiger partial charge in [-0.1, -0.05) is 26.0 Å². The van der Waals surface area contributed by atoms with Gasteiger partial charge in [0.25, 0.3) is 0 Å². The lowest BCUT2D eigenvalue weighted by Gasteiger charge is -2.13. The quantitative estimate of drug-likeness (QED) is 0.788. The molecular formula is C15H24N2O2. The highest BCUT2D eigenvalue weighted by Gasteiger charge is 2.07. The maximum Gasteiger partial charge on any atom is 0.233 e. The highest BCUT2D eigenvalue weighted by atomic mass is 16.5. The predicted molar refractivity (Wildman–Crippen MR) is 77.7 cm³/mol. The monoisotopic (exact) mass is 264 g/mol. The molecule has 0 aromatic heterocycles. The van der Waals surface area contributed by atoms with E-state index in [1.807, 2.05) is 6.07 Å². The summed E-state index contributed by atoms with van der Waals surface area (Å²) in [4.78, 5) is 11.4. The molecule has 0 radical (unpaired) electrons. The van der Waals surface area contributed by atoms with Gasteiger partial charge in [0.1, 0.15) is 5.75 Å². The summed E-state index contributed by atoms with van der Waals surface area (Å²) in [6.45, 7) is 5.31. The molecule has 4 nitrogen and oxygen atoms in total. The van der Waals surface area contributed by atoms with Crippen LogP contribution in [-0.2, 0) is 11.2 Å². The van der Waals surface area contributed by atoms with Crippen LogP contribution < -0.4 is 15.4 Å². The van der Waals surface area contributed by atoms with Crippen molar-refractivity contribution in [3.8, 4) is 5.75 Å². The fourth-order valence-corrected chi connectivity index (χ4v) is 1.91. The maximum atomic E-state index is 11.4. The van der Waals surface area contributed by atoms with E-state index in [1.165, 1.54) is 5.56 Å². The summed E-state index contributed by atoms with van der Waals surface area (Å²) in [6.07, 6.45) is 0.777. The molecule has 4 heteroatoms. The molecular weight excluding hydrogens is 240 g/mol. The molecule has 1 amide bonds. The van der Waals surface area contributed by atoms with Crippen molar-refractivity contribution in [2.75, 3.05) is 27.2 Å². The van der Waals surface area contributed by atoms with Crippen LogP contribution in [0.15, 0.2) is 18.2 Å². The van der Waals surface area contributed by atoms with Gasteiger partial charge >= 0.3 is 0 Å². The molecule has 1 aromatic rings. The lowest BCUT2D eigenvalue weighted by atomic mass is 9.99. The lowest BCUT2D eigenvalue weighted by Crippen LogP contribution is -2.33. The number of hydrogen-bond donors (Lipinski definition) is 2. The normalized spacial score (nSPS) is 10.6. The largest absolute Gasteiger partial charge is 0.496 e. The van der Waals surface area contributed by atoms with Crippen LogP contribution in [0, 0.1) is 0 Å². The van der Waals surface area contributed by atoms with Crippen molar-refractivity contribution in [2.45, 2.75) is 26.2 Å². The summed E-state index contributed by atoms with van der Waals surface area (Å²) in [5, 5.41) is 5.70. The van der Waals surface area contributed by atoms with Gasteiger partial charge in [0.2, 0.25) is 5.91 Å². The van der Waals surface area contributed by atoms with Gasteiger partial charge in [-0.05, 0) is 36.6 Å². The number of ether oxygens (including phenoxy) is 1. The summed E-state index contributed by atoms with van der Waals surface area (Å²) >= 11 is 0. The molecule has 0 fully saturated rings. The summed E-state index contributed by atoms with van der Waals surface area (Å²) in [7, 11) is 3.43. The van der Waals surface area contributed by atoms with E-state index in [0.717, 1.165) is 17.7 Å². The van der Waals surface area contributed by atoms with Crippen LogP contribution in [0.5, 0.6) is 5.75 Å². The first-order valence-corrected chi connectivity index (χ1v) is 6.66. The smallest absolute Gasteiger partial charge is 0.233 e. The Morgan fingerprint density at radius 3 is 2.68 bits per heavy atom. The van der Waals surface area contributed by atoms with Gasteiger partial charge < -0.3 is 15.4 Å². The first kappa shape index (κ1) is 15.5. The topological polar surface area (TPSA) is 50.4 Å². The molecule has 1 rings (SSSR count). The number of carbonyl (C=O) groups excluding carboxylic acids is 1. The van der Waals surface area contributed by atoms with Gasteiger partial charge in [0.05, 0.1) is 13.7 Å². The zero-order valence-corrected chi connectivity index (χ0v) is 12.2. The number of benzene rings is 1. The number of nitrogens with one attached hydrogen (secondary N) is 2. The molecule has 0 saturated carbocycles. The van der Waals surface area contributed by atoms with E-state index in [0.29, 0.717) is 19.0 Å². The Morgan fingerprint density at radius 2 is 2.11 bits per heavy atom. The zero-order valence-electron chi connectivity index (χ0n) is 12.2. The molecule has 0 unspecified atom stereocenters. The highest BCUT2D eigenvalue weighted by molar-refractivity contribution is 5.77. The standard InChI is InChI=1S/C15H24N2O2/c1-11(2)12-5-6-14(19-4)13(9-12)7-8-17-15(18)10-16-3/h5-6,9,11,16H,7-8,10H2,1-4H3,(H,17,18). The van der Waals surface area contributed by atoms with Gasteiger partial charge in [-0.15, -0.1) is 0 Å². The number of amides is 1. The molecule has 0 spiro atoms. The van der Waals surface area contributed by atoms with E-state index in [1.54, 1.807) is 14.2 Å². The van der Waals surface area contributed by atoms with E-state index in [-0.39, 0.29) is 5.91 Å². The Kier molecular flexibility index (Phi) is 6.36. The van der Waals surface area contributed by atoms with Crippen LogP contribution in [0.3, 0.4) is 0 Å². The fraction of sp³-hybridized carbons (Fsp3) is 0.533. The molecule has 0 saturated heterocycles. The van der Waals surface area contributed by atoms with Crippen LogP contribution in [-0.4, -0.2) is 33.2 Å². The van der Waals surface area contributed by atoms with Gasteiger partial charge in [0, 0.05) is 6.54 Å². The minimum absolute atomic E-state index is 0.0153.